The summed E-state index contributed by atoms with van der Waals surface area (Å²) in [6, 6.07) is 0. The predicted octanol–water partition coefficient (Wildman–Crippen LogP) is 3.46. The van der Waals surface area contributed by atoms with E-state index < -0.39 is 0 Å². The average Bonchev–Trinajstić information content (AvgIpc) is 1.88. The van der Waals surface area contributed by atoms with Gasteiger partial charge in [0.1, 0.15) is 0 Å². The van der Waals surface area contributed by atoms with Crippen LogP contribution in [0.1, 0.15) is 46.0 Å². The first-order valence-corrected chi connectivity index (χ1v) is 5.39. The van der Waals surface area contributed by atoms with Gasteiger partial charge in [-0.2, -0.15) is 11.8 Å². The van der Waals surface area contributed by atoms with Crippen molar-refractivity contribution in [2.24, 2.45) is 0 Å². The molecule has 0 bridgehead atoms. The van der Waals surface area contributed by atoms with E-state index >= 15 is 0 Å². The molecule has 1 aliphatic carbocycles. The highest BCUT2D eigenvalue weighted by atomic mass is 32.2. The molecule has 0 aromatic rings. The van der Waals surface area contributed by atoms with Crippen molar-refractivity contribution in [1.82, 2.24) is 0 Å². The molecular formula is C9H18S. The molecule has 1 fully saturated rings. The Kier molecular flexibility index (Phi) is 3.61. The van der Waals surface area contributed by atoms with E-state index in [2.05, 4.69) is 25.6 Å². The van der Waals surface area contributed by atoms with Crippen LogP contribution in [0, 0.1) is 0 Å². The Hall–Kier alpha value is 0.350. The van der Waals surface area contributed by atoms with Gasteiger partial charge in [0.25, 0.3) is 0 Å². The molecule has 0 amide bonds. The summed E-state index contributed by atoms with van der Waals surface area (Å²) in [5.74, 6) is 0. The average molecular weight is 158 g/mol. The Labute approximate surface area is 68.8 Å². The van der Waals surface area contributed by atoms with Crippen molar-refractivity contribution in [2.45, 2.75) is 56.5 Å². The minimum atomic E-state index is 0.836. The number of thioether (sulfide) groups is 1. The van der Waals surface area contributed by atoms with Crippen LogP contribution in [-0.2, 0) is 0 Å². The Morgan fingerprint density at radius 2 is 1.70 bits per heavy atom. The predicted molar refractivity (Wildman–Crippen MR) is 49.6 cm³/mol. The van der Waals surface area contributed by atoms with Crippen molar-refractivity contribution < 1.29 is 0 Å². The van der Waals surface area contributed by atoms with Crippen LogP contribution in [0.5, 0.6) is 0 Å². The molecule has 60 valence electrons. The maximum absolute atomic E-state index is 2.30. The van der Waals surface area contributed by atoms with Gasteiger partial charge in [-0.1, -0.05) is 33.1 Å². The molecule has 0 spiro atoms. The molecule has 0 aliphatic heterocycles. The van der Waals surface area contributed by atoms with Gasteiger partial charge in [0, 0.05) is 5.25 Å². The summed E-state index contributed by atoms with van der Waals surface area (Å²) < 4.78 is 0. The van der Waals surface area contributed by atoms with Crippen molar-refractivity contribution in [2.75, 3.05) is 0 Å². The molecule has 1 heteroatoms. The second-order valence-electron chi connectivity index (χ2n) is 3.44. The molecular weight excluding hydrogens is 140 g/mol. The smallest absolute Gasteiger partial charge is 0.00496 e. The third-order valence-electron chi connectivity index (χ3n) is 2.02. The van der Waals surface area contributed by atoms with Gasteiger partial charge in [0.05, 0.1) is 0 Å². The first-order chi connectivity index (χ1) is 4.79. The lowest BCUT2D eigenvalue weighted by atomic mass is 10.0. The van der Waals surface area contributed by atoms with E-state index in [0.717, 1.165) is 10.5 Å². The SMILES string of the molecule is CC(C)SC1CCCCC1. The molecule has 0 nitrogen and oxygen atoms in total. The quantitative estimate of drug-likeness (QED) is 0.593. The lowest BCUT2D eigenvalue weighted by Crippen LogP contribution is -2.10. The zero-order chi connectivity index (χ0) is 7.40. The molecule has 0 N–H and O–H groups in total. The van der Waals surface area contributed by atoms with E-state index in [4.69, 9.17) is 0 Å². The standard InChI is InChI=1S/C9H18S/c1-8(2)10-9-6-4-3-5-7-9/h8-9H,3-7H2,1-2H3. The normalized spacial score (nSPS) is 21.9. The van der Waals surface area contributed by atoms with Gasteiger partial charge in [-0.05, 0) is 18.1 Å². The molecule has 1 saturated carbocycles. The third-order valence-corrected chi connectivity index (χ3v) is 3.42. The fourth-order valence-electron chi connectivity index (χ4n) is 1.59. The lowest BCUT2D eigenvalue weighted by Gasteiger charge is -2.22. The maximum atomic E-state index is 2.30. The molecule has 0 heterocycles. The van der Waals surface area contributed by atoms with Crippen molar-refractivity contribution in [3.8, 4) is 0 Å². The maximum Gasteiger partial charge on any atom is 0.00496 e. The van der Waals surface area contributed by atoms with Crippen molar-refractivity contribution in [3.05, 3.63) is 0 Å². The summed E-state index contributed by atoms with van der Waals surface area (Å²) in [6.45, 7) is 4.61. The molecule has 1 aliphatic rings. The van der Waals surface area contributed by atoms with Crippen molar-refractivity contribution in [1.29, 1.82) is 0 Å². The number of rotatable bonds is 2. The van der Waals surface area contributed by atoms with Gasteiger partial charge in [-0.25, -0.2) is 0 Å². The van der Waals surface area contributed by atoms with Crippen LogP contribution in [0.2, 0.25) is 0 Å². The van der Waals surface area contributed by atoms with E-state index in [0.29, 0.717) is 0 Å². The van der Waals surface area contributed by atoms with Gasteiger partial charge < -0.3 is 0 Å². The summed E-state index contributed by atoms with van der Waals surface area (Å²) >= 11 is 2.18. The van der Waals surface area contributed by atoms with Gasteiger partial charge in [-0.3, -0.25) is 0 Å². The zero-order valence-corrected chi connectivity index (χ0v) is 7.91. The number of hydrogen-bond donors (Lipinski definition) is 0. The molecule has 1 rings (SSSR count). The minimum Gasteiger partial charge on any atom is -0.156 e. The molecule has 0 unspecified atom stereocenters. The summed E-state index contributed by atoms with van der Waals surface area (Å²) in [5.41, 5.74) is 0. The molecule has 0 aromatic heterocycles. The van der Waals surface area contributed by atoms with E-state index in [-0.39, 0.29) is 0 Å². The van der Waals surface area contributed by atoms with E-state index in [1.807, 2.05) is 0 Å². The Balaban J connectivity index is 2.13. The summed E-state index contributed by atoms with van der Waals surface area (Å²) in [4.78, 5) is 0. The Morgan fingerprint density at radius 3 is 2.20 bits per heavy atom. The van der Waals surface area contributed by atoms with Gasteiger partial charge in [0.15, 0.2) is 0 Å². The zero-order valence-electron chi connectivity index (χ0n) is 7.10. The molecule has 0 atom stereocenters. The highest BCUT2D eigenvalue weighted by Gasteiger charge is 2.14. The van der Waals surface area contributed by atoms with E-state index in [1.165, 1.54) is 32.1 Å². The van der Waals surface area contributed by atoms with Gasteiger partial charge >= 0.3 is 0 Å². The van der Waals surface area contributed by atoms with Crippen molar-refractivity contribution in [3.63, 3.8) is 0 Å². The van der Waals surface area contributed by atoms with Crippen LogP contribution in [0.25, 0.3) is 0 Å². The number of hydrogen-bond acceptors (Lipinski definition) is 1. The third kappa shape index (κ3) is 2.96. The topological polar surface area (TPSA) is 0 Å². The molecule has 0 saturated heterocycles. The first-order valence-electron chi connectivity index (χ1n) is 4.44. The van der Waals surface area contributed by atoms with Crippen LogP contribution in [0.15, 0.2) is 0 Å². The van der Waals surface area contributed by atoms with Gasteiger partial charge in [0.2, 0.25) is 0 Å². The molecule has 0 radical (unpaired) electrons. The highest BCUT2D eigenvalue weighted by Crippen LogP contribution is 2.30. The first kappa shape index (κ1) is 8.45. The van der Waals surface area contributed by atoms with E-state index in [1.54, 1.807) is 0 Å². The second kappa shape index (κ2) is 4.27. The monoisotopic (exact) mass is 158 g/mol. The summed E-state index contributed by atoms with van der Waals surface area (Å²) in [5, 5.41) is 1.83. The fourth-order valence-corrected chi connectivity index (χ4v) is 2.96. The second-order valence-corrected chi connectivity index (χ2v) is 5.33. The Bertz CT molecular complexity index is 82.7. The molecule has 10 heavy (non-hydrogen) atoms. The van der Waals surface area contributed by atoms with Crippen LogP contribution >= 0.6 is 11.8 Å². The van der Waals surface area contributed by atoms with E-state index in [9.17, 15) is 0 Å². The molecule has 0 aromatic carbocycles. The van der Waals surface area contributed by atoms with Crippen LogP contribution in [0.4, 0.5) is 0 Å². The lowest BCUT2D eigenvalue weighted by molar-refractivity contribution is 0.515. The minimum absolute atomic E-state index is 0.836. The Morgan fingerprint density at radius 1 is 1.10 bits per heavy atom. The summed E-state index contributed by atoms with van der Waals surface area (Å²) in [6.07, 6.45) is 7.38. The highest BCUT2D eigenvalue weighted by molar-refractivity contribution is 8.00. The van der Waals surface area contributed by atoms with Gasteiger partial charge in [-0.15, -0.1) is 0 Å². The van der Waals surface area contributed by atoms with Crippen molar-refractivity contribution >= 4 is 11.8 Å². The van der Waals surface area contributed by atoms with Crippen LogP contribution in [-0.4, -0.2) is 10.5 Å². The van der Waals surface area contributed by atoms with Crippen LogP contribution < -0.4 is 0 Å². The van der Waals surface area contributed by atoms with Crippen LogP contribution in [0.3, 0.4) is 0 Å². The fraction of sp³-hybridized carbons (Fsp3) is 1.00. The summed E-state index contributed by atoms with van der Waals surface area (Å²) in [7, 11) is 0. The largest absolute Gasteiger partial charge is 0.156 e.